The summed E-state index contributed by atoms with van der Waals surface area (Å²) in [5.41, 5.74) is 0. The molecule has 6 heteroatoms. The lowest BCUT2D eigenvalue weighted by molar-refractivity contribution is 0.384. The van der Waals surface area contributed by atoms with E-state index in [4.69, 9.17) is 4.52 Å². The van der Waals surface area contributed by atoms with Gasteiger partial charge in [0.25, 0.3) is 0 Å². The minimum absolute atomic E-state index is 0.208. The molecule has 1 atom stereocenters. The lowest BCUT2D eigenvalue weighted by Crippen LogP contribution is -2.18. The van der Waals surface area contributed by atoms with Crippen LogP contribution in [0.5, 0.6) is 0 Å². The summed E-state index contributed by atoms with van der Waals surface area (Å²) in [6.07, 6.45) is 2.98. The van der Waals surface area contributed by atoms with Crippen molar-refractivity contribution in [2.75, 3.05) is 0 Å². The molecule has 92 valence electrons. The summed E-state index contributed by atoms with van der Waals surface area (Å²) in [5, 5.41) is 8.27. The van der Waals surface area contributed by atoms with E-state index in [-0.39, 0.29) is 6.04 Å². The Morgan fingerprint density at radius 3 is 2.94 bits per heavy atom. The molecule has 2 aromatic rings. The molecule has 0 unspecified atom stereocenters. The van der Waals surface area contributed by atoms with Gasteiger partial charge in [-0.05, 0) is 13.3 Å². The molecule has 0 aliphatic carbocycles. The highest BCUT2D eigenvalue weighted by atomic mass is 32.1. The van der Waals surface area contributed by atoms with Crippen molar-refractivity contribution in [3.05, 3.63) is 27.8 Å². The minimum Gasteiger partial charge on any atom is -0.340 e. The summed E-state index contributed by atoms with van der Waals surface area (Å²) in [4.78, 5) is 9.85. The zero-order chi connectivity index (χ0) is 12.3. The Kier molecular flexibility index (Phi) is 3.86. The van der Waals surface area contributed by atoms with E-state index >= 15 is 0 Å². The molecule has 2 rings (SSSR count). The topological polar surface area (TPSA) is 63.8 Å². The van der Waals surface area contributed by atoms with Gasteiger partial charge in [-0.15, -0.1) is 11.3 Å². The van der Waals surface area contributed by atoms with Gasteiger partial charge < -0.3 is 9.84 Å². The van der Waals surface area contributed by atoms with Gasteiger partial charge in [0.1, 0.15) is 5.01 Å². The fourth-order valence-corrected chi connectivity index (χ4v) is 2.31. The molecule has 0 bridgehead atoms. The van der Waals surface area contributed by atoms with Crippen LogP contribution in [0.1, 0.15) is 41.5 Å². The summed E-state index contributed by atoms with van der Waals surface area (Å²) in [6.45, 7) is 6.61. The zero-order valence-corrected chi connectivity index (χ0v) is 11.0. The van der Waals surface area contributed by atoms with Gasteiger partial charge in [-0.25, -0.2) is 4.98 Å². The van der Waals surface area contributed by atoms with Gasteiger partial charge in [0, 0.05) is 18.0 Å². The monoisotopic (exact) mass is 252 g/mol. The molecule has 0 saturated carbocycles. The van der Waals surface area contributed by atoms with Crippen molar-refractivity contribution in [1.29, 1.82) is 0 Å². The normalized spacial score (nSPS) is 12.9. The summed E-state index contributed by atoms with van der Waals surface area (Å²) in [5.74, 6) is 1.28. The summed E-state index contributed by atoms with van der Waals surface area (Å²) < 4.78 is 4.91. The van der Waals surface area contributed by atoms with Gasteiger partial charge in [0.2, 0.25) is 5.89 Å². The second-order valence-electron chi connectivity index (χ2n) is 3.85. The first-order valence-corrected chi connectivity index (χ1v) is 6.48. The maximum Gasteiger partial charge on any atom is 0.223 e. The van der Waals surface area contributed by atoms with E-state index in [2.05, 4.69) is 34.3 Å². The van der Waals surface area contributed by atoms with Crippen LogP contribution in [-0.2, 0) is 13.0 Å². The molecule has 5 nitrogen and oxygen atoms in total. The Bertz CT molecular complexity index is 479. The van der Waals surface area contributed by atoms with E-state index in [0.717, 1.165) is 11.4 Å². The van der Waals surface area contributed by atoms with Gasteiger partial charge in [-0.1, -0.05) is 12.1 Å². The Morgan fingerprint density at radius 2 is 2.35 bits per heavy atom. The number of aryl methyl sites for hydroxylation is 2. The Labute approximate surface area is 104 Å². The van der Waals surface area contributed by atoms with Crippen molar-refractivity contribution < 1.29 is 4.52 Å². The molecule has 0 amide bonds. The molecule has 0 fully saturated rings. The van der Waals surface area contributed by atoms with E-state index in [1.165, 1.54) is 4.88 Å². The highest BCUT2D eigenvalue weighted by Gasteiger charge is 2.11. The Hall–Kier alpha value is -1.27. The van der Waals surface area contributed by atoms with Gasteiger partial charge in [0.15, 0.2) is 5.82 Å². The Morgan fingerprint density at radius 1 is 1.53 bits per heavy atom. The smallest absolute Gasteiger partial charge is 0.223 e. The molecular weight excluding hydrogens is 236 g/mol. The minimum atomic E-state index is 0.208. The molecule has 0 aliphatic rings. The van der Waals surface area contributed by atoms with Crippen molar-refractivity contribution in [3.8, 4) is 0 Å². The first kappa shape index (κ1) is 12.2. The van der Waals surface area contributed by atoms with Gasteiger partial charge in [0.05, 0.1) is 12.6 Å². The van der Waals surface area contributed by atoms with Gasteiger partial charge in [-0.3, -0.25) is 0 Å². The lowest BCUT2D eigenvalue weighted by Gasteiger charge is -2.08. The van der Waals surface area contributed by atoms with Crippen LogP contribution in [0, 0.1) is 6.92 Å². The van der Waals surface area contributed by atoms with Crippen LogP contribution >= 0.6 is 11.3 Å². The fraction of sp³-hybridized carbons (Fsp3) is 0.545. The first-order valence-electron chi connectivity index (χ1n) is 5.66. The Balaban J connectivity index is 1.90. The maximum absolute atomic E-state index is 4.91. The molecule has 2 aromatic heterocycles. The fourth-order valence-electron chi connectivity index (χ4n) is 1.43. The van der Waals surface area contributed by atoms with E-state index in [1.807, 2.05) is 6.20 Å². The van der Waals surface area contributed by atoms with Crippen molar-refractivity contribution in [2.24, 2.45) is 0 Å². The molecule has 1 N–H and O–H groups in total. The number of thiazole rings is 1. The second-order valence-corrected chi connectivity index (χ2v) is 5.00. The average molecular weight is 252 g/mol. The number of aromatic nitrogens is 3. The van der Waals surface area contributed by atoms with E-state index in [9.17, 15) is 0 Å². The summed E-state index contributed by atoms with van der Waals surface area (Å²) in [6, 6.07) is 0.208. The molecular formula is C11H16N4OS. The highest BCUT2D eigenvalue weighted by molar-refractivity contribution is 7.11. The molecule has 0 spiro atoms. The van der Waals surface area contributed by atoms with Crippen LogP contribution in [0.2, 0.25) is 0 Å². The van der Waals surface area contributed by atoms with Gasteiger partial charge >= 0.3 is 0 Å². The van der Waals surface area contributed by atoms with Crippen molar-refractivity contribution >= 4 is 11.3 Å². The summed E-state index contributed by atoms with van der Waals surface area (Å²) in [7, 11) is 0. The highest BCUT2D eigenvalue weighted by Crippen LogP contribution is 2.20. The lowest BCUT2D eigenvalue weighted by atomic mass is 10.3. The molecule has 0 aliphatic heterocycles. The predicted octanol–water partition coefficient (Wildman–Crippen LogP) is 2.25. The van der Waals surface area contributed by atoms with Crippen LogP contribution in [0.4, 0.5) is 0 Å². The third-order valence-corrected chi connectivity index (χ3v) is 3.75. The van der Waals surface area contributed by atoms with Gasteiger partial charge in [-0.2, -0.15) is 4.98 Å². The molecule has 17 heavy (non-hydrogen) atoms. The second kappa shape index (κ2) is 5.37. The van der Waals surface area contributed by atoms with Crippen LogP contribution in [-0.4, -0.2) is 15.1 Å². The standard InChI is InChI=1S/C11H16N4OS/c1-4-9-5-13-11(17-9)7(2)12-6-10-14-8(3)16-15-10/h5,7,12H,4,6H2,1-3H3/t7-/m1/s1. The molecule has 0 saturated heterocycles. The number of nitrogens with zero attached hydrogens (tertiary/aromatic N) is 3. The SMILES string of the molecule is CCc1cnc([C@@H](C)NCc2noc(C)n2)s1. The van der Waals surface area contributed by atoms with Crippen LogP contribution in [0.15, 0.2) is 10.7 Å². The number of hydrogen-bond donors (Lipinski definition) is 1. The summed E-state index contributed by atoms with van der Waals surface area (Å²) >= 11 is 1.74. The first-order chi connectivity index (χ1) is 8.19. The van der Waals surface area contributed by atoms with Crippen LogP contribution in [0.25, 0.3) is 0 Å². The largest absolute Gasteiger partial charge is 0.340 e. The number of nitrogens with one attached hydrogen (secondary N) is 1. The zero-order valence-electron chi connectivity index (χ0n) is 10.2. The van der Waals surface area contributed by atoms with Crippen molar-refractivity contribution in [1.82, 2.24) is 20.4 Å². The quantitative estimate of drug-likeness (QED) is 0.884. The van der Waals surface area contributed by atoms with Crippen LogP contribution in [0.3, 0.4) is 0 Å². The van der Waals surface area contributed by atoms with E-state index in [0.29, 0.717) is 18.3 Å². The molecule has 0 radical (unpaired) electrons. The molecule has 2 heterocycles. The third-order valence-electron chi connectivity index (χ3n) is 2.43. The predicted molar refractivity (Wildman–Crippen MR) is 65.8 cm³/mol. The number of hydrogen-bond acceptors (Lipinski definition) is 6. The maximum atomic E-state index is 4.91. The van der Waals surface area contributed by atoms with E-state index < -0.39 is 0 Å². The van der Waals surface area contributed by atoms with E-state index in [1.54, 1.807) is 18.3 Å². The average Bonchev–Trinajstić information content (AvgIpc) is 2.94. The van der Waals surface area contributed by atoms with Crippen molar-refractivity contribution in [2.45, 2.75) is 39.8 Å². The molecule has 0 aromatic carbocycles. The van der Waals surface area contributed by atoms with Crippen LogP contribution < -0.4 is 5.32 Å². The third kappa shape index (κ3) is 3.10. The van der Waals surface area contributed by atoms with Crippen molar-refractivity contribution in [3.63, 3.8) is 0 Å². The number of rotatable bonds is 5.